The standard InChI is InChI=1S/C13H21NO5/c1-8(14)11(13(16)17-3)12(15)9(2)19-10-6-4-5-7-18-10/h9-10,14-15H,4-7H2,1-3H3. The Hall–Kier alpha value is -1.40. The van der Waals surface area contributed by atoms with Gasteiger partial charge in [-0.2, -0.15) is 0 Å². The summed E-state index contributed by atoms with van der Waals surface area (Å²) < 4.78 is 15.5. The van der Waals surface area contributed by atoms with E-state index in [9.17, 15) is 9.90 Å². The molecule has 0 aromatic heterocycles. The zero-order valence-corrected chi connectivity index (χ0v) is 11.6. The maximum absolute atomic E-state index is 11.5. The minimum absolute atomic E-state index is 0.0654. The summed E-state index contributed by atoms with van der Waals surface area (Å²) in [5.74, 6) is -1.04. The molecule has 2 N–H and O–H groups in total. The van der Waals surface area contributed by atoms with Gasteiger partial charge in [-0.15, -0.1) is 0 Å². The molecule has 6 heteroatoms. The third-order valence-corrected chi connectivity index (χ3v) is 2.90. The molecule has 19 heavy (non-hydrogen) atoms. The van der Waals surface area contributed by atoms with E-state index in [1.165, 1.54) is 14.0 Å². The largest absolute Gasteiger partial charge is 0.509 e. The molecule has 1 heterocycles. The number of nitrogens with one attached hydrogen (secondary N) is 1. The topological polar surface area (TPSA) is 88.8 Å². The second-order valence-corrected chi connectivity index (χ2v) is 4.45. The molecule has 1 aliphatic heterocycles. The average Bonchev–Trinajstić information content (AvgIpc) is 2.39. The molecule has 1 saturated heterocycles. The summed E-state index contributed by atoms with van der Waals surface area (Å²) in [7, 11) is 1.20. The quantitative estimate of drug-likeness (QED) is 0.345. The van der Waals surface area contributed by atoms with Gasteiger partial charge in [-0.3, -0.25) is 0 Å². The van der Waals surface area contributed by atoms with Crippen LogP contribution in [0.25, 0.3) is 0 Å². The first-order valence-corrected chi connectivity index (χ1v) is 6.31. The Morgan fingerprint density at radius 2 is 2.16 bits per heavy atom. The Labute approximate surface area is 112 Å². The maximum Gasteiger partial charge on any atom is 0.343 e. The molecule has 0 aromatic carbocycles. The van der Waals surface area contributed by atoms with Crippen molar-refractivity contribution in [3.8, 4) is 0 Å². The number of methoxy groups -OCH3 is 1. The van der Waals surface area contributed by atoms with Gasteiger partial charge in [0.05, 0.1) is 7.11 Å². The zero-order chi connectivity index (χ0) is 14.4. The molecule has 0 spiro atoms. The third-order valence-electron chi connectivity index (χ3n) is 2.90. The SMILES string of the molecule is COC(=O)C(C(C)=N)=C(O)C(C)OC1CCCCO1. The molecule has 0 bridgehead atoms. The van der Waals surface area contributed by atoms with Gasteiger partial charge in [0, 0.05) is 12.3 Å². The maximum atomic E-state index is 11.5. The van der Waals surface area contributed by atoms with E-state index < -0.39 is 12.1 Å². The van der Waals surface area contributed by atoms with E-state index in [1.54, 1.807) is 6.92 Å². The van der Waals surface area contributed by atoms with Crippen molar-refractivity contribution in [1.82, 2.24) is 0 Å². The smallest absolute Gasteiger partial charge is 0.343 e. The van der Waals surface area contributed by atoms with Gasteiger partial charge in [-0.05, 0) is 33.1 Å². The summed E-state index contributed by atoms with van der Waals surface area (Å²) in [4.78, 5) is 11.5. The van der Waals surface area contributed by atoms with Crippen molar-refractivity contribution in [2.24, 2.45) is 0 Å². The number of carbonyl (C=O) groups is 1. The van der Waals surface area contributed by atoms with Crippen LogP contribution < -0.4 is 0 Å². The Morgan fingerprint density at radius 3 is 2.63 bits per heavy atom. The first-order chi connectivity index (χ1) is 8.97. The third kappa shape index (κ3) is 4.33. The minimum atomic E-state index is -0.745. The van der Waals surface area contributed by atoms with E-state index in [0.717, 1.165) is 19.3 Å². The molecule has 0 radical (unpaired) electrons. The van der Waals surface area contributed by atoms with Gasteiger partial charge in [0.1, 0.15) is 17.4 Å². The number of carbonyl (C=O) groups excluding carboxylic acids is 1. The van der Waals surface area contributed by atoms with E-state index in [-0.39, 0.29) is 23.3 Å². The molecule has 0 saturated carbocycles. The molecular formula is C13H21NO5. The Balaban J connectivity index is 2.78. The molecule has 0 aliphatic carbocycles. The van der Waals surface area contributed by atoms with Crippen molar-refractivity contribution < 1.29 is 24.1 Å². The fourth-order valence-corrected chi connectivity index (χ4v) is 1.87. The summed E-state index contributed by atoms with van der Waals surface area (Å²) in [6.45, 7) is 3.65. The number of hydrogen-bond acceptors (Lipinski definition) is 6. The monoisotopic (exact) mass is 271 g/mol. The van der Waals surface area contributed by atoms with Gasteiger partial charge in [0.15, 0.2) is 6.29 Å². The number of esters is 1. The molecule has 108 valence electrons. The normalized spacial score (nSPS) is 22.4. The Kier molecular flexibility index (Phi) is 5.98. The van der Waals surface area contributed by atoms with Crippen LogP contribution in [-0.4, -0.2) is 42.9 Å². The number of aliphatic hydroxyl groups is 1. The molecular weight excluding hydrogens is 250 g/mol. The highest BCUT2D eigenvalue weighted by molar-refractivity contribution is 6.18. The van der Waals surface area contributed by atoms with E-state index in [4.69, 9.17) is 14.9 Å². The predicted octanol–water partition coefficient (Wildman–Crippen LogP) is 1.94. The van der Waals surface area contributed by atoms with Gasteiger partial charge >= 0.3 is 5.97 Å². The van der Waals surface area contributed by atoms with Crippen LogP contribution in [0.5, 0.6) is 0 Å². The first kappa shape index (κ1) is 15.7. The van der Waals surface area contributed by atoms with Crippen LogP contribution in [0.1, 0.15) is 33.1 Å². The van der Waals surface area contributed by atoms with Crippen LogP contribution in [0.4, 0.5) is 0 Å². The van der Waals surface area contributed by atoms with Crippen molar-refractivity contribution in [1.29, 1.82) is 5.41 Å². The van der Waals surface area contributed by atoms with E-state index >= 15 is 0 Å². The lowest BCUT2D eigenvalue weighted by molar-refractivity contribution is -0.182. The fourth-order valence-electron chi connectivity index (χ4n) is 1.87. The minimum Gasteiger partial charge on any atom is -0.509 e. The molecule has 6 nitrogen and oxygen atoms in total. The second-order valence-electron chi connectivity index (χ2n) is 4.45. The van der Waals surface area contributed by atoms with Crippen LogP contribution >= 0.6 is 0 Å². The summed E-state index contributed by atoms with van der Waals surface area (Å²) in [6.07, 6.45) is 1.67. The van der Waals surface area contributed by atoms with Crippen LogP contribution in [0.2, 0.25) is 0 Å². The van der Waals surface area contributed by atoms with Gasteiger partial charge in [0.2, 0.25) is 0 Å². The van der Waals surface area contributed by atoms with Crippen molar-refractivity contribution >= 4 is 11.7 Å². The van der Waals surface area contributed by atoms with Gasteiger partial charge < -0.3 is 24.7 Å². The molecule has 2 unspecified atom stereocenters. The van der Waals surface area contributed by atoms with Gasteiger partial charge in [-0.1, -0.05) is 0 Å². The van der Waals surface area contributed by atoms with Crippen LogP contribution in [0.3, 0.4) is 0 Å². The van der Waals surface area contributed by atoms with Crippen LogP contribution in [0.15, 0.2) is 11.3 Å². The van der Waals surface area contributed by atoms with Crippen molar-refractivity contribution in [3.05, 3.63) is 11.3 Å². The highest BCUT2D eigenvalue weighted by atomic mass is 16.7. The molecule has 1 aliphatic rings. The lowest BCUT2D eigenvalue weighted by Gasteiger charge is -2.26. The summed E-state index contributed by atoms with van der Waals surface area (Å²) in [5.41, 5.74) is -0.227. The molecule has 2 atom stereocenters. The van der Waals surface area contributed by atoms with Crippen LogP contribution in [-0.2, 0) is 19.0 Å². The van der Waals surface area contributed by atoms with Crippen molar-refractivity contribution in [2.45, 2.75) is 45.5 Å². The van der Waals surface area contributed by atoms with E-state index in [0.29, 0.717) is 6.61 Å². The first-order valence-electron chi connectivity index (χ1n) is 6.31. The average molecular weight is 271 g/mol. The zero-order valence-electron chi connectivity index (χ0n) is 11.6. The van der Waals surface area contributed by atoms with E-state index in [2.05, 4.69) is 4.74 Å². The van der Waals surface area contributed by atoms with Crippen LogP contribution in [0, 0.1) is 5.41 Å². The summed E-state index contributed by atoms with van der Waals surface area (Å²) in [5, 5.41) is 17.6. The van der Waals surface area contributed by atoms with Crippen molar-refractivity contribution in [3.63, 3.8) is 0 Å². The number of rotatable bonds is 5. The Bertz CT molecular complexity index is 371. The number of ether oxygens (including phenoxy) is 3. The molecule has 1 fully saturated rings. The summed E-state index contributed by atoms with van der Waals surface area (Å²) >= 11 is 0. The highest BCUT2D eigenvalue weighted by Crippen LogP contribution is 2.19. The second kappa shape index (κ2) is 7.25. The fraction of sp³-hybridized carbons (Fsp3) is 0.692. The Morgan fingerprint density at radius 1 is 1.47 bits per heavy atom. The van der Waals surface area contributed by atoms with Gasteiger partial charge in [-0.25, -0.2) is 4.79 Å². The van der Waals surface area contributed by atoms with E-state index in [1.807, 2.05) is 0 Å². The highest BCUT2D eigenvalue weighted by Gasteiger charge is 2.25. The molecule has 1 rings (SSSR count). The molecule has 0 aromatic rings. The summed E-state index contributed by atoms with van der Waals surface area (Å²) in [6, 6.07) is 0. The number of hydrogen-bond donors (Lipinski definition) is 2. The number of aliphatic hydroxyl groups excluding tert-OH is 1. The van der Waals surface area contributed by atoms with Crippen molar-refractivity contribution in [2.75, 3.05) is 13.7 Å². The molecule has 0 amide bonds. The van der Waals surface area contributed by atoms with Gasteiger partial charge in [0.25, 0.3) is 0 Å². The predicted molar refractivity (Wildman–Crippen MR) is 69.2 cm³/mol. The lowest BCUT2D eigenvalue weighted by Crippen LogP contribution is -2.29. The lowest BCUT2D eigenvalue weighted by atomic mass is 10.1.